The van der Waals surface area contributed by atoms with Gasteiger partial charge >= 0.3 is 0 Å². The molecule has 0 radical (unpaired) electrons. The molecule has 9 heteroatoms. The Labute approximate surface area is 212 Å². The molecule has 2 aliphatic heterocycles. The van der Waals surface area contributed by atoms with Crippen molar-refractivity contribution in [2.45, 2.75) is 26.2 Å². The number of piperazine rings is 1. The molecule has 1 amide bonds. The highest BCUT2D eigenvalue weighted by Gasteiger charge is 2.26. The van der Waals surface area contributed by atoms with Gasteiger partial charge < -0.3 is 20.0 Å². The second-order valence-electron chi connectivity index (χ2n) is 10.1. The number of hydrogen-bond acceptors (Lipinski definition) is 6. The average molecular weight is 494 g/mol. The SMILES string of the molecule is Cc1cc(N2CCC(C(=O)NCCCN3CCN(C)CC3)CC2)n2nc(-c3ccc(F)cc3)cc2n1. The van der Waals surface area contributed by atoms with E-state index in [1.807, 2.05) is 23.6 Å². The summed E-state index contributed by atoms with van der Waals surface area (Å²) in [7, 11) is 2.17. The van der Waals surface area contributed by atoms with Crippen LogP contribution in [0.15, 0.2) is 36.4 Å². The number of halogens is 1. The minimum Gasteiger partial charge on any atom is -0.356 e. The van der Waals surface area contributed by atoms with E-state index in [2.05, 4.69) is 32.0 Å². The fourth-order valence-corrected chi connectivity index (χ4v) is 5.17. The van der Waals surface area contributed by atoms with Crippen LogP contribution < -0.4 is 10.2 Å². The summed E-state index contributed by atoms with van der Waals surface area (Å²) < 4.78 is 15.2. The van der Waals surface area contributed by atoms with Gasteiger partial charge in [0.25, 0.3) is 0 Å². The number of carbonyl (C=O) groups excluding carboxylic acids is 1. The van der Waals surface area contributed by atoms with Crippen LogP contribution in [0.2, 0.25) is 0 Å². The zero-order valence-corrected chi connectivity index (χ0v) is 21.3. The Bertz CT molecular complexity index is 1180. The number of hydrogen-bond donors (Lipinski definition) is 1. The number of piperidine rings is 1. The minimum atomic E-state index is -0.265. The summed E-state index contributed by atoms with van der Waals surface area (Å²) in [6.45, 7) is 9.85. The molecule has 0 unspecified atom stereocenters. The van der Waals surface area contributed by atoms with Crippen molar-refractivity contribution in [1.82, 2.24) is 29.7 Å². The summed E-state index contributed by atoms with van der Waals surface area (Å²) in [4.78, 5) is 24.6. The van der Waals surface area contributed by atoms with E-state index in [-0.39, 0.29) is 17.6 Å². The van der Waals surface area contributed by atoms with E-state index in [1.54, 1.807) is 12.1 Å². The first kappa shape index (κ1) is 24.6. The maximum absolute atomic E-state index is 13.4. The van der Waals surface area contributed by atoms with Crippen molar-refractivity contribution in [3.63, 3.8) is 0 Å². The summed E-state index contributed by atoms with van der Waals surface area (Å²) in [5.74, 6) is 0.952. The number of carbonyl (C=O) groups is 1. The second kappa shape index (κ2) is 10.9. The lowest BCUT2D eigenvalue weighted by Gasteiger charge is -2.33. The third-order valence-corrected chi connectivity index (χ3v) is 7.41. The van der Waals surface area contributed by atoms with Crippen LogP contribution in [0.4, 0.5) is 10.2 Å². The lowest BCUT2D eigenvalue weighted by molar-refractivity contribution is -0.125. The number of amides is 1. The monoisotopic (exact) mass is 493 g/mol. The highest BCUT2D eigenvalue weighted by Crippen LogP contribution is 2.27. The summed E-state index contributed by atoms with van der Waals surface area (Å²) in [6.07, 6.45) is 2.64. The standard InChI is InChI=1S/C27H36FN7O/c1-20-18-26(35-25(30-20)19-24(31-35)21-4-6-23(28)7-5-21)34-12-8-22(9-13-34)27(36)29-10-3-11-33-16-14-32(2)15-17-33/h4-7,18-19,22H,3,8-17H2,1-2H3,(H,29,36). The first-order valence-corrected chi connectivity index (χ1v) is 13.0. The van der Waals surface area contributed by atoms with Gasteiger partial charge in [-0.2, -0.15) is 9.61 Å². The van der Waals surface area contributed by atoms with Crippen LogP contribution in [0.25, 0.3) is 16.9 Å². The molecule has 0 bridgehead atoms. The molecule has 1 aromatic carbocycles. The highest BCUT2D eigenvalue weighted by atomic mass is 19.1. The van der Waals surface area contributed by atoms with E-state index in [0.717, 1.165) is 100 Å². The van der Waals surface area contributed by atoms with Gasteiger partial charge in [0.1, 0.15) is 11.6 Å². The van der Waals surface area contributed by atoms with Crippen molar-refractivity contribution < 1.29 is 9.18 Å². The molecule has 8 nitrogen and oxygen atoms in total. The molecule has 0 atom stereocenters. The number of likely N-dealkylation sites (N-methyl/N-ethyl adjacent to an activating group) is 1. The van der Waals surface area contributed by atoms with Crippen molar-refractivity contribution in [3.8, 4) is 11.3 Å². The molecule has 3 aromatic rings. The summed E-state index contributed by atoms with van der Waals surface area (Å²) in [6, 6.07) is 10.3. The van der Waals surface area contributed by atoms with Crippen molar-refractivity contribution in [2.75, 3.05) is 64.3 Å². The van der Waals surface area contributed by atoms with Crippen LogP contribution in [0, 0.1) is 18.7 Å². The number of fused-ring (bicyclic) bond motifs is 1. The Morgan fingerprint density at radius 1 is 1.06 bits per heavy atom. The van der Waals surface area contributed by atoms with Gasteiger partial charge in [-0.05, 0) is 64.0 Å². The number of nitrogens with one attached hydrogen (secondary N) is 1. The van der Waals surface area contributed by atoms with Crippen molar-refractivity contribution >= 4 is 17.4 Å². The molecular weight excluding hydrogens is 457 g/mol. The van der Waals surface area contributed by atoms with E-state index in [4.69, 9.17) is 5.10 Å². The van der Waals surface area contributed by atoms with Gasteiger partial charge in [-0.1, -0.05) is 0 Å². The number of anilines is 1. The quantitative estimate of drug-likeness (QED) is 0.511. The average Bonchev–Trinajstić information content (AvgIpc) is 3.31. The number of benzene rings is 1. The largest absolute Gasteiger partial charge is 0.356 e. The van der Waals surface area contributed by atoms with Gasteiger partial charge in [0.15, 0.2) is 5.65 Å². The lowest BCUT2D eigenvalue weighted by atomic mass is 9.96. The van der Waals surface area contributed by atoms with E-state index < -0.39 is 0 Å². The first-order valence-electron chi connectivity index (χ1n) is 13.0. The fourth-order valence-electron chi connectivity index (χ4n) is 5.17. The number of aryl methyl sites for hydroxylation is 1. The third kappa shape index (κ3) is 5.68. The maximum Gasteiger partial charge on any atom is 0.223 e. The zero-order chi connectivity index (χ0) is 25.1. The molecule has 192 valence electrons. The molecule has 1 N–H and O–H groups in total. The van der Waals surface area contributed by atoms with E-state index >= 15 is 0 Å². The Morgan fingerprint density at radius 2 is 1.78 bits per heavy atom. The van der Waals surface area contributed by atoms with Crippen LogP contribution >= 0.6 is 0 Å². The van der Waals surface area contributed by atoms with Gasteiger partial charge in [-0.3, -0.25) is 4.79 Å². The van der Waals surface area contributed by atoms with Crippen LogP contribution in [-0.4, -0.2) is 89.7 Å². The normalized spacial score (nSPS) is 18.1. The van der Waals surface area contributed by atoms with Crippen LogP contribution in [0.1, 0.15) is 25.0 Å². The van der Waals surface area contributed by atoms with Crippen molar-refractivity contribution in [2.24, 2.45) is 5.92 Å². The predicted octanol–water partition coefficient (Wildman–Crippen LogP) is 2.81. The van der Waals surface area contributed by atoms with Gasteiger partial charge in [-0.15, -0.1) is 0 Å². The molecule has 2 aliphatic rings. The topological polar surface area (TPSA) is 69.0 Å². The minimum absolute atomic E-state index is 0.0516. The molecular formula is C27H36FN7O. The number of rotatable bonds is 7. The van der Waals surface area contributed by atoms with Crippen molar-refractivity contribution in [3.05, 3.63) is 47.9 Å². The van der Waals surface area contributed by atoms with Crippen molar-refractivity contribution in [1.29, 1.82) is 0 Å². The van der Waals surface area contributed by atoms with Crippen LogP contribution in [0.5, 0.6) is 0 Å². The molecule has 2 saturated heterocycles. The van der Waals surface area contributed by atoms with Gasteiger partial charge in [0.2, 0.25) is 5.91 Å². The maximum atomic E-state index is 13.4. The lowest BCUT2D eigenvalue weighted by Crippen LogP contribution is -2.45. The Morgan fingerprint density at radius 3 is 2.50 bits per heavy atom. The van der Waals surface area contributed by atoms with Crippen LogP contribution in [0.3, 0.4) is 0 Å². The van der Waals surface area contributed by atoms with E-state index in [1.165, 1.54) is 12.1 Å². The smallest absolute Gasteiger partial charge is 0.223 e. The Kier molecular flexibility index (Phi) is 7.48. The molecule has 2 fully saturated rings. The highest BCUT2D eigenvalue weighted by molar-refractivity contribution is 5.79. The van der Waals surface area contributed by atoms with Gasteiger partial charge in [-0.25, -0.2) is 9.37 Å². The molecule has 0 aliphatic carbocycles. The zero-order valence-electron chi connectivity index (χ0n) is 21.3. The van der Waals surface area contributed by atoms with Crippen LogP contribution in [-0.2, 0) is 4.79 Å². The van der Waals surface area contributed by atoms with Gasteiger partial charge in [0, 0.05) is 75.1 Å². The second-order valence-corrected chi connectivity index (χ2v) is 10.1. The van der Waals surface area contributed by atoms with E-state index in [0.29, 0.717) is 0 Å². The number of aromatic nitrogens is 3. The number of nitrogens with zero attached hydrogens (tertiary/aromatic N) is 6. The first-order chi connectivity index (χ1) is 17.5. The molecule has 0 spiro atoms. The summed E-state index contributed by atoms with van der Waals surface area (Å²) >= 11 is 0. The Hall–Kier alpha value is -3.04. The summed E-state index contributed by atoms with van der Waals surface area (Å²) in [5.41, 5.74) is 3.31. The predicted molar refractivity (Wildman–Crippen MR) is 140 cm³/mol. The van der Waals surface area contributed by atoms with E-state index in [9.17, 15) is 9.18 Å². The molecule has 36 heavy (non-hydrogen) atoms. The Balaban J connectivity index is 1.16. The fraction of sp³-hybridized carbons (Fsp3) is 0.519. The molecule has 5 rings (SSSR count). The van der Waals surface area contributed by atoms with Gasteiger partial charge in [0.05, 0.1) is 5.69 Å². The molecule has 4 heterocycles. The molecule has 2 aromatic heterocycles. The molecule has 0 saturated carbocycles. The summed E-state index contributed by atoms with van der Waals surface area (Å²) in [5, 5.41) is 7.95. The third-order valence-electron chi connectivity index (χ3n) is 7.41.